The van der Waals surface area contributed by atoms with Gasteiger partial charge in [-0.15, -0.1) is 0 Å². The summed E-state index contributed by atoms with van der Waals surface area (Å²) < 4.78 is 26.3. The van der Waals surface area contributed by atoms with E-state index in [9.17, 15) is 8.42 Å². The van der Waals surface area contributed by atoms with Crippen molar-refractivity contribution in [2.24, 2.45) is 17.8 Å². The van der Waals surface area contributed by atoms with Gasteiger partial charge in [-0.2, -0.15) is 0 Å². The van der Waals surface area contributed by atoms with E-state index in [-0.39, 0.29) is 0 Å². The Kier molecular flexibility index (Phi) is 6.09. The lowest BCUT2D eigenvalue weighted by atomic mass is 9.89. The summed E-state index contributed by atoms with van der Waals surface area (Å²) in [4.78, 5) is 0. The molecule has 0 heterocycles. The largest absolute Gasteiger partial charge is 0.315 e. The van der Waals surface area contributed by atoms with Crippen molar-refractivity contribution < 1.29 is 8.42 Å². The average molecular weight is 317 g/mol. The van der Waals surface area contributed by atoms with E-state index >= 15 is 0 Å². The zero-order valence-electron chi connectivity index (χ0n) is 13.8. The highest BCUT2D eigenvalue weighted by atomic mass is 32.2. The van der Waals surface area contributed by atoms with Gasteiger partial charge in [-0.25, -0.2) is 12.7 Å². The summed E-state index contributed by atoms with van der Waals surface area (Å²) >= 11 is 0. The van der Waals surface area contributed by atoms with Crippen LogP contribution >= 0.6 is 0 Å². The molecule has 0 aromatic carbocycles. The van der Waals surface area contributed by atoms with Crippen LogP contribution in [0.1, 0.15) is 52.4 Å². The monoisotopic (exact) mass is 316 g/mol. The number of hydrogen-bond acceptors (Lipinski definition) is 3. The van der Waals surface area contributed by atoms with Gasteiger partial charge in [0.2, 0.25) is 10.0 Å². The first-order valence-corrected chi connectivity index (χ1v) is 10.2. The SMILES string of the molecule is CC(C)NCCCCS(=O)(=O)N(C)CC1CC2CCC1C2. The summed E-state index contributed by atoms with van der Waals surface area (Å²) in [5.41, 5.74) is 0. The summed E-state index contributed by atoms with van der Waals surface area (Å²) in [6, 6.07) is 0.474. The standard InChI is InChI=1S/C16H32N2O2S/c1-13(2)17-8-4-5-9-21(19,20)18(3)12-16-11-14-6-7-15(16)10-14/h13-17H,4-12H2,1-3H3. The number of nitrogens with one attached hydrogen (secondary N) is 1. The van der Waals surface area contributed by atoms with Crippen molar-refractivity contribution in [1.29, 1.82) is 0 Å². The second-order valence-corrected chi connectivity index (χ2v) is 9.54. The number of unbranched alkanes of at least 4 members (excludes halogenated alkanes) is 1. The molecule has 21 heavy (non-hydrogen) atoms. The Morgan fingerprint density at radius 3 is 2.52 bits per heavy atom. The second-order valence-electron chi connectivity index (χ2n) is 7.35. The first kappa shape index (κ1) is 17.2. The quantitative estimate of drug-likeness (QED) is 0.665. The predicted octanol–water partition coefficient (Wildman–Crippen LogP) is 2.46. The fourth-order valence-electron chi connectivity index (χ4n) is 4.00. The molecule has 1 N–H and O–H groups in total. The van der Waals surface area contributed by atoms with Crippen LogP contribution in [0.25, 0.3) is 0 Å². The van der Waals surface area contributed by atoms with Gasteiger partial charge in [0.15, 0.2) is 0 Å². The zero-order chi connectivity index (χ0) is 15.5. The van der Waals surface area contributed by atoms with Gasteiger partial charge in [0.05, 0.1) is 5.75 Å². The maximum atomic E-state index is 12.3. The average Bonchev–Trinajstić information content (AvgIpc) is 3.00. The summed E-state index contributed by atoms with van der Waals surface area (Å²) in [7, 11) is -1.29. The molecule has 2 aliphatic rings. The Labute approximate surface area is 130 Å². The molecule has 0 saturated heterocycles. The summed E-state index contributed by atoms with van der Waals surface area (Å²) in [5.74, 6) is 2.59. The topological polar surface area (TPSA) is 49.4 Å². The Morgan fingerprint density at radius 2 is 1.95 bits per heavy atom. The van der Waals surface area contributed by atoms with E-state index in [0.29, 0.717) is 17.7 Å². The summed E-state index contributed by atoms with van der Waals surface area (Å²) in [6.07, 6.45) is 6.98. The van der Waals surface area contributed by atoms with Crippen molar-refractivity contribution in [3.8, 4) is 0 Å². The van der Waals surface area contributed by atoms with Gasteiger partial charge in [0.1, 0.15) is 0 Å². The smallest absolute Gasteiger partial charge is 0.213 e. The van der Waals surface area contributed by atoms with Crippen molar-refractivity contribution >= 4 is 10.0 Å². The van der Waals surface area contributed by atoms with Crippen molar-refractivity contribution in [3.05, 3.63) is 0 Å². The van der Waals surface area contributed by atoms with Gasteiger partial charge < -0.3 is 5.32 Å². The highest BCUT2D eigenvalue weighted by molar-refractivity contribution is 7.89. The van der Waals surface area contributed by atoms with E-state index in [0.717, 1.165) is 37.8 Å². The van der Waals surface area contributed by atoms with Gasteiger partial charge >= 0.3 is 0 Å². The van der Waals surface area contributed by atoms with Gasteiger partial charge in [-0.1, -0.05) is 20.3 Å². The van der Waals surface area contributed by atoms with Crippen LogP contribution in [-0.4, -0.2) is 44.7 Å². The van der Waals surface area contributed by atoms with Crippen LogP contribution in [0.5, 0.6) is 0 Å². The number of rotatable bonds is 9. The molecule has 5 heteroatoms. The molecular weight excluding hydrogens is 284 g/mol. The van der Waals surface area contributed by atoms with E-state index in [1.807, 2.05) is 0 Å². The van der Waals surface area contributed by atoms with Crippen molar-refractivity contribution in [2.45, 2.75) is 58.4 Å². The fourth-order valence-corrected chi connectivity index (χ4v) is 5.30. The highest BCUT2D eigenvalue weighted by Crippen LogP contribution is 2.48. The van der Waals surface area contributed by atoms with E-state index < -0.39 is 10.0 Å². The van der Waals surface area contributed by atoms with Crippen LogP contribution in [0.4, 0.5) is 0 Å². The Bertz CT molecular complexity index is 422. The minimum absolute atomic E-state index is 0.296. The molecule has 3 unspecified atom stereocenters. The molecule has 0 aromatic rings. The lowest BCUT2D eigenvalue weighted by molar-refractivity contribution is 0.280. The molecule has 0 aliphatic heterocycles. The molecule has 124 valence electrons. The van der Waals surface area contributed by atoms with Crippen LogP contribution in [0.3, 0.4) is 0 Å². The molecule has 2 saturated carbocycles. The molecule has 0 aromatic heterocycles. The van der Waals surface area contributed by atoms with Crippen molar-refractivity contribution in [3.63, 3.8) is 0 Å². The van der Waals surface area contributed by atoms with Gasteiger partial charge in [-0.3, -0.25) is 0 Å². The molecule has 0 amide bonds. The van der Waals surface area contributed by atoms with Crippen molar-refractivity contribution in [1.82, 2.24) is 9.62 Å². The second kappa shape index (κ2) is 7.42. The highest BCUT2D eigenvalue weighted by Gasteiger charge is 2.40. The Hall–Kier alpha value is -0.130. The number of fused-ring (bicyclic) bond motifs is 2. The maximum absolute atomic E-state index is 12.3. The number of hydrogen-bond donors (Lipinski definition) is 1. The van der Waals surface area contributed by atoms with Gasteiger partial charge in [0, 0.05) is 19.6 Å². The molecular formula is C16H32N2O2S. The Morgan fingerprint density at radius 1 is 1.19 bits per heavy atom. The van der Waals surface area contributed by atoms with Gasteiger partial charge in [0.25, 0.3) is 0 Å². The molecule has 2 rings (SSSR count). The molecule has 3 atom stereocenters. The fraction of sp³-hybridized carbons (Fsp3) is 1.00. The van der Waals surface area contributed by atoms with E-state index in [4.69, 9.17) is 0 Å². The summed E-state index contributed by atoms with van der Waals surface area (Å²) in [5, 5.41) is 3.33. The van der Waals surface area contributed by atoms with E-state index in [1.165, 1.54) is 25.7 Å². The maximum Gasteiger partial charge on any atom is 0.213 e. The van der Waals surface area contributed by atoms with E-state index in [2.05, 4.69) is 19.2 Å². The van der Waals surface area contributed by atoms with Crippen LogP contribution in [0, 0.1) is 17.8 Å². The lowest BCUT2D eigenvalue weighted by Gasteiger charge is -2.26. The molecule has 0 radical (unpaired) electrons. The molecule has 4 nitrogen and oxygen atoms in total. The molecule has 2 fully saturated rings. The molecule has 2 bridgehead atoms. The number of nitrogens with zero attached hydrogens (tertiary/aromatic N) is 1. The third-order valence-electron chi connectivity index (χ3n) is 5.23. The number of sulfonamides is 1. The van der Waals surface area contributed by atoms with Crippen molar-refractivity contribution in [2.75, 3.05) is 25.9 Å². The van der Waals surface area contributed by atoms with Crippen LogP contribution in [-0.2, 0) is 10.0 Å². The van der Waals surface area contributed by atoms with E-state index in [1.54, 1.807) is 11.4 Å². The first-order chi connectivity index (χ1) is 9.88. The van der Waals surface area contributed by atoms with Crippen LogP contribution < -0.4 is 5.32 Å². The van der Waals surface area contributed by atoms with Crippen LogP contribution in [0.2, 0.25) is 0 Å². The predicted molar refractivity (Wildman–Crippen MR) is 87.7 cm³/mol. The third kappa shape index (κ3) is 4.93. The zero-order valence-corrected chi connectivity index (χ0v) is 14.7. The van der Waals surface area contributed by atoms with Gasteiger partial charge in [-0.05, 0) is 56.4 Å². The third-order valence-corrected chi connectivity index (χ3v) is 7.14. The summed E-state index contributed by atoms with van der Waals surface area (Å²) in [6.45, 7) is 5.87. The minimum Gasteiger partial charge on any atom is -0.315 e. The first-order valence-electron chi connectivity index (χ1n) is 8.56. The normalized spacial score (nSPS) is 28.9. The molecule has 2 aliphatic carbocycles. The lowest BCUT2D eigenvalue weighted by Crippen LogP contribution is -2.35. The van der Waals surface area contributed by atoms with Crippen LogP contribution in [0.15, 0.2) is 0 Å². The minimum atomic E-state index is -3.06. The molecule has 0 spiro atoms. The Balaban J connectivity index is 1.69.